The molecule has 0 saturated carbocycles. The third kappa shape index (κ3) is 4.79. The summed E-state index contributed by atoms with van der Waals surface area (Å²) in [5.74, 6) is 0.0337. The van der Waals surface area contributed by atoms with Gasteiger partial charge >= 0.3 is 0 Å². The minimum atomic E-state index is -4.08. The fraction of sp³-hybridized carbons (Fsp3) is 0.333. The van der Waals surface area contributed by atoms with Gasteiger partial charge in [-0.1, -0.05) is 32.9 Å². The summed E-state index contributed by atoms with van der Waals surface area (Å²) in [7, 11) is -6.72. The lowest BCUT2D eigenvalue weighted by Gasteiger charge is -2.21. The third-order valence-electron chi connectivity index (χ3n) is 4.07. The Labute approximate surface area is 160 Å². The molecule has 3 N–H and O–H groups in total. The number of nitrogens with two attached hydrogens (primary N) is 1. The maximum absolute atomic E-state index is 12.9. The van der Waals surface area contributed by atoms with E-state index in [1.54, 1.807) is 19.1 Å². The van der Waals surface area contributed by atoms with Gasteiger partial charge in [-0.3, -0.25) is 4.72 Å². The Balaban J connectivity index is 2.52. The second kappa shape index (κ2) is 7.14. The van der Waals surface area contributed by atoms with Crippen molar-refractivity contribution in [1.29, 1.82) is 0 Å². The summed E-state index contributed by atoms with van der Waals surface area (Å²) in [5, 5.41) is 5.18. The minimum absolute atomic E-state index is 0.0337. The van der Waals surface area contributed by atoms with Gasteiger partial charge in [-0.2, -0.15) is 0 Å². The third-order valence-corrected chi connectivity index (χ3v) is 6.52. The van der Waals surface area contributed by atoms with Crippen molar-refractivity contribution in [3.8, 4) is 5.75 Å². The highest BCUT2D eigenvalue weighted by Crippen LogP contribution is 2.30. The van der Waals surface area contributed by atoms with Gasteiger partial charge < -0.3 is 4.74 Å². The lowest BCUT2D eigenvalue weighted by molar-refractivity contribution is 0.403. The summed E-state index contributed by atoms with van der Waals surface area (Å²) in [5.41, 5.74) is 1.29. The monoisotopic (exact) mass is 412 g/mol. The molecule has 0 fully saturated rings. The van der Waals surface area contributed by atoms with Crippen LogP contribution in [0.15, 0.2) is 46.2 Å². The van der Waals surface area contributed by atoms with Gasteiger partial charge in [-0.15, -0.1) is 0 Å². The Morgan fingerprint density at radius 3 is 2.11 bits per heavy atom. The van der Waals surface area contributed by atoms with Gasteiger partial charge in [-0.05, 0) is 47.7 Å². The normalized spacial score (nSPS) is 12.7. The van der Waals surface area contributed by atoms with E-state index < -0.39 is 20.0 Å². The van der Waals surface area contributed by atoms with E-state index in [9.17, 15) is 16.8 Å². The van der Waals surface area contributed by atoms with Crippen LogP contribution in [0.3, 0.4) is 0 Å². The van der Waals surface area contributed by atoms with Crippen LogP contribution in [0, 0.1) is 6.92 Å². The predicted octanol–water partition coefficient (Wildman–Crippen LogP) is 2.75. The van der Waals surface area contributed by atoms with Crippen molar-refractivity contribution < 1.29 is 21.6 Å². The van der Waals surface area contributed by atoms with Crippen molar-refractivity contribution >= 4 is 25.7 Å². The molecule has 0 aliphatic carbocycles. The second-order valence-electron chi connectivity index (χ2n) is 7.25. The van der Waals surface area contributed by atoms with E-state index in [0.29, 0.717) is 5.56 Å². The van der Waals surface area contributed by atoms with Crippen LogP contribution in [0.1, 0.15) is 31.9 Å². The number of benzene rings is 2. The van der Waals surface area contributed by atoms with E-state index in [-0.39, 0.29) is 26.6 Å². The number of aryl methyl sites for hydroxylation is 1. The number of sulfonamides is 2. The molecule has 27 heavy (non-hydrogen) atoms. The van der Waals surface area contributed by atoms with Crippen LogP contribution in [0.5, 0.6) is 5.75 Å². The Kier molecular flexibility index (Phi) is 5.61. The lowest BCUT2D eigenvalue weighted by atomic mass is 9.87. The van der Waals surface area contributed by atoms with Crippen molar-refractivity contribution in [3.05, 3.63) is 47.5 Å². The van der Waals surface area contributed by atoms with Gasteiger partial charge in [0.2, 0.25) is 10.0 Å². The van der Waals surface area contributed by atoms with Crippen molar-refractivity contribution in [3.63, 3.8) is 0 Å². The number of ether oxygens (including phenoxy) is 1. The first-order valence-electron chi connectivity index (χ1n) is 8.10. The molecule has 0 amide bonds. The molecular weight excluding hydrogens is 388 g/mol. The van der Waals surface area contributed by atoms with Crippen molar-refractivity contribution in [2.45, 2.75) is 42.9 Å². The molecule has 7 nitrogen and oxygen atoms in total. The molecule has 0 aliphatic heterocycles. The Morgan fingerprint density at radius 1 is 0.963 bits per heavy atom. The zero-order valence-electron chi connectivity index (χ0n) is 15.9. The van der Waals surface area contributed by atoms with Crippen molar-refractivity contribution in [2.24, 2.45) is 5.14 Å². The number of rotatable bonds is 5. The van der Waals surface area contributed by atoms with E-state index in [4.69, 9.17) is 9.88 Å². The number of anilines is 1. The average molecular weight is 413 g/mol. The van der Waals surface area contributed by atoms with E-state index in [1.165, 1.54) is 19.2 Å². The van der Waals surface area contributed by atoms with Gasteiger partial charge in [0.05, 0.1) is 17.7 Å². The Morgan fingerprint density at radius 2 is 1.59 bits per heavy atom. The van der Waals surface area contributed by atoms with Crippen molar-refractivity contribution in [1.82, 2.24) is 0 Å². The van der Waals surface area contributed by atoms with Crippen molar-refractivity contribution in [2.75, 3.05) is 11.8 Å². The minimum Gasteiger partial charge on any atom is -0.495 e. The molecule has 0 heterocycles. The molecule has 0 aromatic heterocycles. The van der Waals surface area contributed by atoms with Gasteiger partial charge in [0.1, 0.15) is 10.6 Å². The lowest BCUT2D eigenvalue weighted by Crippen LogP contribution is -2.18. The largest absolute Gasteiger partial charge is 0.495 e. The molecule has 0 atom stereocenters. The number of hydrogen-bond donors (Lipinski definition) is 2. The zero-order chi connectivity index (χ0) is 20.6. The summed E-state index contributed by atoms with van der Waals surface area (Å²) >= 11 is 0. The Hall–Kier alpha value is -2.10. The number of nitrogens with one attached hydrogen (secondary N) is 1. The van der Waals surface area contributed by atoms with E-state index in [1.807, 2.05) is 26.8 Å². The van der Waals surface area contributed by atoms with Gasteiger partial charge in [0.15, 0.2) is 0 Å². The molecule has 2 aromatic rings. The molecule has 0 saturated heterocycles. The summed E-state index contributed by atoms with van der Waals surface area (Å²) in [4.78, 5) is -0.173. The molecule has 9 heteroatoms. The maximum atomic E-state index is 12.9. The summed E-state index contributed by atoms with van der Waals surface area (Å²) in [6, 6.07) is 9.15. The number of methoxy groups -OCH3 is 1. The fourth-order valence-electron chi connectivity index (χ4n) is 2.53. The fourth-order valence-corrected chi connectivity index (χ4v) is 4.57. The highest BCUT2D eigenvalue weighted by atomic mass is 32.2. The molecule has 0 spiro atoms. The van der Waals surface area contributed by atoms with Crippen LogP contribution < -0.4 is 14.6 Å². The molecular formula is C18H24N2O5S2. The first-order valence-corrected chi connectivity index (χ1v) is 11.1. The topological polar surface area (TPSA) is 116 Å². The number of hydrogen-bond acceptors (Lipinski definition) is 5. The first-order chi connectivity index (χ1) is 12.3. The average Bonchev–Trinajstić information content (AvgIpc) is 2.52. The van der Waals surface area contributed by atoms with Gasteiger partial charge in [0, 0.05) is 0 Å². The molecule has 0 radical (unpaired) electrons. The van der Waals surface area contributed by atoms with Gasteiger partial charge in [-0.25, -0.2) is 22.0 Å². The van der Waals surface area contributed by atoms with Crippen LogP contribution in [0.2, 0.25) is 0 Å². The van der Waals surface area contributed by atoms with E-state index in [2.05, 4.69) is 4.72 Å². The summed E-state index contributed by atoms with van der Waals surface area (Å²) in [6.07, 6.45) is 0. The van der Waals surface area contributed by atoms with E-state index >= 15 is 0 Å². The van der Waals surface area contributed by atoms with E-state index in [0.717, 1.165) is 11.6 Å². The molecule has 0 bridgehead atoms. The maximum Gasteiger partial charge on any atom is 0.262 e. The SMILES string of the molecule is COc1ccc(NS(=O)(=O)c2cc(C(C)(C)C)ccc2C)cc1S(N)(=O)=O. The highest BCUT2D eigenvalue weighted by molar-refractivity contribution is 7.92. The summed E-state index contributed by atoms with van der Waals surface area (Å²) in [6.45, 7) is 7.67. The quantitative estimate of drug-likeness (QED) is 0.783. The predicted molar refractivity (Wildman–Crippen MR) is 105 cm³/mol. The standard InChI is InChI=1S/C18H24N2O5S2/c1-12-6-7-13(18(2,3)4)10-16(12)27(23,24)20-14-8-9-15(25-5)17(11-14)26(19,21)22/h6-11,20H,1-5H3,(H2,19,21,22). The zero-order valence-corrected chi connectivity index (χ0v) is 17.5. The van der Waals surface area contributed by atoms with Crippen LogP contribution in [0.25, 0.3) is 0 Å². The molecule has 2 aromatic carbocycles. The van der Waals surface area contributed by atoms with Crippen LogP contribution in [-0.2, 0) is 25.5 Å². The van der Waals surface area contributed by atoms with Crippen LogP contribution in [-0.4, -0.2) is 23.9 Å². The molecule has 0 aliphatic rings. The molecule has 2 rings (SSSR count). The molecule has 148 valence electrons. The Bertz CT molecular complexity index is 1070. The molecule has 0 unspecified atom stereocenters. The first kappa shape index (κ1) is 21.2. The number of primary sulfonamides is 1. The van der Waals surface area contributed by atoms with Gasteiger partial charge in [0.25, 0.3) is 10.0 Å². The smallest absolute Gasteiger partial charge is 0.262 e. The highest BCUT2D eigenvalue weighted by Gasteiger charge is 2.23. The van der Waals surface area contributed by atoms with Crippen LogP contribution >= 0.6 is 0 Å². The summed E-state index contributed by atoms with van der Waals surface area (Å²) < 4.78 is 56.6. The second-order valence-corrected chi connectivity index (χ2v) is 10.4. The van der Waals surface area contributed by atoms with Crippen LogP contribution in [0.4, 0.5) is 5.69 Å².